The van der Waals surface area contributed by atoms with Gasteiger partial charge in [0.05, 0.1) is 0 Å². The van der Waals surface area contributed by atoms with Crippen LogP contribution >= 0.6 is 15.9 Å². The molecule has 0 N–H and O–H groups in total. The van der Waals surface area contributed by atoms with Crippen LogP contribution in [-0.4, -0.2) is 12.9 Å². The average Bonchev–Trinajstić information content (AvgIpc) is 2.16. The summed E-state index contributed by atoms with van der Waals surface area (Å²) in [4.78, 5) is 12.6. The number of carbonyl (C=O) groups excluding carboxylic acids is 1. The SMILES string of the molecule is [2H]C([2H])([2H])N1C(=O)CCc2cc(Br)ccc21. The number of fused-ring (bicyclic) bond motifs is 1. The lowest BCUT2D eigenvalue weighted by molar-refractivity contribution is -0.118. The molecular formula is C10H10BrNO. The van der Waals surface area contributed by atoms with Gasteiger partial charge in [-0.3, -0.25) is 4.79 Å². The van der Waals surface area contributed by atoms with E-state index in [4.69, 9.17) is 4.11 Å². The first-order chi connectivity index (χ1) is 7.39. The summed E-state index contributed by atoms with van der Waals surface area (Å²) in [5.41, 5.74) is 1.39. The van der Waals surface area contributed by atoms with Crippen molar-refractivity contribution in [2.75, 3.05) is 11.9 Å². The highest BCUT2D eigenvalue weighted by molar-refractivity contribution is 9.10. The molecule has 0 bridgehead atoms. The van der Waals surface area contributed by atoms with Crippen molar-refractivity contribution in [2.45, 2.75) is 12.8 Å². The first kappa shape index (κ1) is 5.81. The third-order valence-electron chi connectivity index (χ3n) is 2.14. The molecule has 2 rings (SSSR count). The molecule has 0 fully saturated rings. The zero-order valence-electron chi connectivity index (χ0n) is 9.88. The van der Waals surface area contributed by atoms with E-state index in [1.807, 2.05) is 6.07 Å². The molecule has 2 nitrogen and oxygen atoms in total. The van der Waals surface area contributed by atoms with Crippen molar-refractivity contribution in [1.82, 2.24) is 0 Å². The quantitative estimate of drug-likeness (QED) is 0.685. The first-order valence-corrected chi connectivity index (χ1v) is 4.80. The molecule has 0 aromatic heterocycles. The van der Waals surface area contributed by atoms with Gasteiger partial charge in [0.25, 0.3) is 0 Å². The Kier molecular flexibility index (Phi) is 1.40. The Labute approximate surface area is 89.9 Å². The summed E-state index contributed by atoms with van der Waals surface area (Å²) >= 11 is 3.33. The molecule has 68 valence electrons. The second-order valence-electron chi connectivity index (χ2n) is 3.00. The third-order valence-corrected chi connectivity index (χ3v) is 2.63. The fourth-order valence-corrected chi connectivity index (χ4v) is 1.87. The molecule has 1 aromatic carbocycles. The van der Waals surface area contributed by atoms with Crippen molar-refractivity contribution in [3.05, 3.63) is 28.2 Å². The van der Waals surface area contributed by atoms with Gasteiger partial charge in [0.15, 0.2) is 0 Å². The molecule has 13 heavy (non-hydrogen) atoms. The van der Waals surface area contributed by atoms with Crippen molar-refractivity contribution in [3.8, 4) is 0 Å². The maximum absolute atomic E-state index is 11.6. The highest BCUT2D eigenvalue weighted by Crippen LogP contribution is 2.28. The van der Waals surface area contributed by atoms with E-state index in [1.54, 1.807) is 12.1 Å². The number of amides is 1. The van der Waals surface area contributed by atoms with E-state index in [9.17, 15) is 4.79 Å². The highest BCUT2D eigenvalue weighted by atomic mass is 79.9. The molecular weight excluding hydrogens is 230 g/mol. The van der Waals surface area contributed by atoms with Crippen LogP contribution in [0.4, 0.5) is 5.69 Å². The molecule has 0 saturated heterocycles. The van der Waals surface area contributed by atoms with E-state index in [0.717, 1.165) is 14.9 Å². The van der Waals surface area contributed by atoms with Crippen LogP contribution in [0.15, 0.2) is 22.7 Å². The number of anilines is 1. The lowest BCUT2D eigenvalue weighted by Crippen LogP contribution is -2.30. The number of nitrogens with zero attached hydrogens (tertiary/aromatic N) is 1. The zero-order chi connectivity index (χ0) is 11.9. The van der Waals surface area contributed by atoms with Crippen LogP contribution in [-0.2, 0) is 11.2 Å². The minimum absolute atomic E-state index is 0.252. The number of aryl methyl sites for hydroxylation is 1. The van der Waals surface area contributed by atoms with Crippen LogP contribution in [0.3, 0.4) is 0 Å². The fourth-order valence-electron chi connectivity index (χ4n) is 1.46. The highest BCUT2D eigenvalue weighted by Gasteiger charge is 2.20. The van der Waals surface area contributed by atoms with Gasteiger partial charge in [0.1, 0.15) is 0 Å². The topological polar surface area (TPSA) is 20.3 Å². The van der Waals surface area contributed by atoms with Crippen molar-refractivity contribution in [1.29, 1.82) is 0 Å². The number of carbonyl (C=O) groups is 1. The van der Waals surface area contributed by atoms with Crippen LogP contribution in [0.2, 0.25) is 0 Å². The third kappa shape index (κ3) is 1.48. The van der Waals surface area contributed by atoms with E-state index in [-0.39, 0.29) is 12.3 Å². The number of hydrogen-bond donors (Lipinski definition) is 0. The Hall–Kier alpha value is -0.830. The standard InChI is InChI=1S/C10H10BrNO/c1-12-9-4-3-8(11)6-7(9)2-5-10(12)13/h3-4,6H,2,5H2,1H3/i1D3. The average molecular weight is 243 g/mol. The van der Waals surface area contributed by atoms with Gasteiger partial charge >= 0.3 is 0 Å². The van der Waals surface area contributed by atoms with Crippen LogP contribution in [0, 0.1) is 0 Å². The summed E-state index contributed by atoms with van der Waals surface area (Å²) in [5, 5.41) is 0. The van der Waals surface area contributed by atoms with Crippen molar-refractivity contribution >= 4 is 27.5 Å². The largest absolute Gasteiger partial charge is 0.315 e. The minimum atomic E-state index is -2.40. The normalized spacial score (nSPS) is 20.2. The summed E-state index contributed by atoms with van der Waals surface area (Å²) in [7, 11) is 0. The Bertz CT molecular complexity index is 444. The van der Waals surface area contributed by atoms with Gasteiger partial charge in [-0.05, 0) is 30.2 Å². The number of hydrogen-bond acceptors (Lipinski definition) is 1. The van der Waals surface area contributed by atoms with Gasteiger partial charge in [0, 0.05) is 27.7 Å². The Morgan fingerprint density at radius 2 is 2.38 bits per heavy atom. The molecule has 0 unspecified atom stereocenters. The lowest BCUT2D eigenvalue weighted by atomic mass is 10.0. The minimum Gasteiger partial charge on any atom is -0.315 e. The van der Waals surface area contributed by atoms with Crippen LogP contribution in [0.5, 0.6) is 0 Å². The Morgan fingerprint density at radius 3 is 3.15 bits per heavy atom. The van der Waals surface area contributed by atoms with Crippen LogP contribution < -0.4 is 4.90 Å². The molecule has 1 aliphatic rings. The molecule has 0 radical (unpaired) electrons. The lowest BCUT2D eigenvalue weighted by Gasteiger charge is -2.25. The predicted molar refractivity (Wildman–Crippen MR) is 55.9 cm³/mol. The van der Waals surface area contributed by atoms with Gasteiger partial charge in [0.2, 0.25) is 5.91 Å². The smallest absolute Gasteiger partial charge is 0.227 e. The van der Waals surface area contributed by atoms with Gasteiger partial charge in [-0.25, -0.2) is 0 Å². The van der Waals surface area contributed by atoms with Crippen molar-refractivity contribution < 1.29 is 8.91 Å². The van der Waals surface area contributed by atoms with Crippen LogP contribution in [0.25, 0.3) is 0 Å². The summed E-state index contributed by atoms with van der Waals surface area (Å²) < 4.78 is 23.0. The molecule has 1 aromatic rings. The molecule has 0 saturated carbocycles. The second kappa shape index (κ2) is 3.14. The number of halogens is 1. The molecule has 1 heterocycles. The van der Waals surface area contributed by atoms with E-state index in [1.165, 1.54) is 0 Å². The summed E-state index contributed by atoms with van der Waals surface area (Å²) in [6.45, 7) is -2.40. The Morgan fingerprint density at radius 1 is 1.54 bits per heavy atom. The molecule has 1 aliphatic heterocycles. The predicted octanol–water partition coefficient (Wildman–Crippen LogP) is 2.36. The first-order valence-electron chi connectivity index (χ1n) is 5.51. The molecule has 1 amide bonds. The zero-order valence-corrected chi connectivity index (χ0v) is 8.47. The monoisotopic (exact) mass is 242 g/mol. The second-order valence-corrected chi connectivity index (χ2v) is 3.92. The van der Waals surface area contributed by atoms with Gasteiger partial charge < -0.3 is 4.90 Å². The fraction of sp³-hybridized carbons (Fsp3) is 0.300. The van der Waals surface area contributed by atoms with Crippen molar-refractivity contribution in [2.24, 2.45) is 0 Å². The van der Waals surface area contributed by atoms with E-state index in [0.29, 0.717) is 12.1 Å². The van der Waals surface area contributed by atoms with Crippen LogP contribution in [0.1, 0.15) is 16.1 Å². The maximum Gasteiger partial charge on any atom is 0.227 e. The number of rotatable bonds is 0. The summed E-state index contributed by atoms with van der Waals surface area (Å²) in [6.07, 6.45) is 0.849. The van der Waals surface area contributed by atoms with Gasteiger partial charge in [-0.1, -0.05) is 15.9 Å². The van der Waals surface area contributed by atoms with Crippen molar-refractivity contribution in [3.63, 3.8) is 0 Å². The summed E-state index contributed by atoms with van der Waals surface area (Å²) in [6, 6.07) is 5.28. The molecule has 0 atom stereocenters. The number of benzene rings is 1. The molecule has 0 aliphatic carbocycles. The van der Waals surface area contributed by atoms with Gasteiger partial charge in [-0.15, -0.1) is 0 Å². The molecule has 3 heteroatoms. The van der Waals surface area contributed by atoms with E-state index in [2.05, 4.69) is 15.9 Å². The summed E-state index contributed by atoms with van der Waals surface area (Å²) in [5.74, 6) is -0.338. The van der Waals surface area contributed by atoms with Gasteiger partial charge in [-0.2, -0.15) is 0 Å². The van der Waals surface area contributed by atoms with E-state index < -0.39 is 6.98 Å². The molecule has 0 spiro atoms. The van der Waals surface area contributed by atoms with E-state index >= 15 is 0 Å². The Balaban J connectivity index is 2.53. The maximum atomic E-state index is 11.6.